The van der Waals surface area contributed by atoms with Gasteiger partial charge in [-0.2, -0.15) is 10.2 Å². The molecule has 0 aliphatic heterocycles. The number of benzene rings is 1. The molecule has 0 saturated carbocycles. The summed E-state index contributed by atoms with van der Waals surface area (Å²) in [6, 6.07) is 10.1. The number of rotatable bonds is 5. The van der Waals surface area contributed by atoms with E-state index in [1.807, 2.05) is 57.3 Å². The van der Waals surface area contributed by atoms with Crippen molar-refractivity contribution >= 4 is 44.0 Å². The lowest BCUT2D eigenvalue weighted by atomic mass is 9.86. The number of nitrogens with two attached hydrogens (primary N) is 1. The van der Waals surface area contributed by atoms with Crippen LogP contribution in [0.3, 0.4) is 0 Å². The van der Waals surface area contributed by atoms with Gasteiger partial charge in [0, 0.05) is 12.6 Å². The molecule has 0 amide bonds. The van der Waals surface area contributed by atoms with Crippen LogP contribution in [0.15, 0.2) is 35.1 Å². The highest BCUT2D eigenvalue weighted by atomic mass is 32.1. The molecule has 0 fully saturated rings. The zero-order valence-electron chi connectivity index (χ0n) is 16.5. The molecule has 8 nitrogen and oxygen atoms in total. The standard InChI is InChI=1S/C20H19N7OS/c1-11-15(12(2)28-27-11)25-19-26-16-17(22-10-23-18(16)29-19)24-14-7-5-13(6-8-14)20(3,4)9-21/h5-8,10H,1-4H3,(H,25,26)(H,22,23,24)/p+1. The second-order valence-electron chi connectivity index (χ2n) is 7.25. The molecule has 4 aromatic rings. The molecule has 0 aliphatic carbocycles. The lowest BCUT2D eigenvalue weighted by Crippen LogP contribution is -2.71. The minimum Gasteiger partial charge on any atom is -0.355 e. The summed E-state index contributed by atoms with van der Waals surface area (Å²) in [5, 5.41) is 19.3. The van der Waals surface area contributed by atoms with Crippen molar-refractivity contribution in [1.82, 2.24) is 20.1 Å². The van der Waals surface area contributed by atoms with Crippen molar-refractivity contribution in [3.05, 3.63) is 47.6 Å². The fourth-order valence-electron chi connectivity index (χ4n) is 2.91. The maximum absolute atomic E-state index is 9.30. The quantitative estimate of drug-likeness (QED) is 0.518. The summed E-state index contributed by atoms with van der Waals surface area (Å²) in [5.74, 6) is 1.39. The summed E-state index contributed by atoms with van der Waals surface area (Å²) in [4.78, 5) is 14.2. The number of nitrogens with one attached hydrogen (secondary N) is 1. The molecule has 0 radical (unpaired) electrons. The van der Waals surface area contributed by atoms with E-state index in [0.717, 1.165) is 38.4 Å². The van der Waals surface area contributed by atoms with Crippen LogP contribution in [0.5, 0.6) is 0 Å². The van der Waals surface area contributed by atoms with E-state index in [-0.39, 0.29) is 0 Å². The van der Waals surface area contributed by atoms with Crippen molar-refractivity contribution in [3.63, 3.8) is 0 Å². The number of aromatic nitrogens is 4. The maximum Gasteiger partial charge on any atom is 0.290 e. The molecule has 3 N–H and O–H groups in total. The van der Waals surface area contributed by atoms with E-state index in [2.05, 4.69) is 26.5 Å². The molecule has 0 atom stereocenters. The van der Waals surface area contributed by atoms with Gasteiger partial charge >= 0.3 is 0 Å². The van der Waals surface area contributed by atoms with Crippen molar-refractivity contribution < 1.29 is 9.84 Å². The van der Waals surface area contributed by atoms with E-state index >= 15 is 0 Å². The van der Waals surface area contributed by atoms with Crippen LogP contribution in [0, 0.1) is 25.2 Å². The average molecular weight is 406 g/mol. The van der Waals surface area contributed by atoms with Gasteiger partial charge in [0.25, 0.3) is 5.13 Å². The van der Waals surface area contributed by atoms with Crippen LogP contribution in [-0.2, 0) is 5.41 Å². The summed E-state index contributed by atoms with van der Waals surface area (Å²) in [6.07, 6.45) is 1.52. The number of anilines is 2. The second kappa shape index (κ2) is 7.24. The third kappa shape index (κ3) is 3.68. The summed E-state index contributed by atoms with van der Waals surface area (Å²) in [7, 11) is 0. The van der Waals surface area contributed by atoms with Gasteiger partial charge in [-0.3, -0.25) is 5.32 Å². The third-order valence-corrected chi connectivity index (χ3v) is 5.63. The van der Waals surface area contributed by atoms with Gasteiger partial charge in [-0.25, -0.2) is 9.97 Å². The normalized spacial score (nSPS) is 11.6. The molecule has 29 heavy (non-hydrogen) atoms. The fourth-order valence-corrected chi connectivity index (χ4v) is 3.77. The first-order valence-corrected chi connectivity index (χ1v) is 9.87. The van der Waals surface area contributed by atoms with Gasteiger partial charge in [-0.15, -0.1) is 0 Å². The average Bonchev–Trinajstić information content (AvgIpc) is 3.27. The highest BCUT2D eigenvalue weighted by Gasteiger charge is 2.20. The molecular weight excluding hydrogens is 386 g/mol. The highest BCUT2D eigenvalue weighted by molar-refractivity contribution is 7.21. The molecule has 3 heterocycles. The first kappa shape index (κ1) is 19.0. The van der Waals surface area contributed by atoms with Crippen molar-refractivity contribution in [2.75, 3.05) is 5.32 Å². The van der Waals surface area contributed by atoms with E-state index < -0.39 is 5.41 Å². The molecule has 1 aromatic carbocycles. The lowest BCUT2D eigenvalue weighted by Gasteiger charge is -2.16. The molecule has 0 aliphatic rings. The van der Waals surface area contributed by atoms with E-state index in [0.29, 0.717) is 11.3 Å². The van der Waals surface area contributed by atoms with Crippen molar-refractivity contribution in [1.29, 1.82) is 5.26 Å². The van der Waals surface area contributed by atoms with Gasteiger partial charge in [0.1, 0.15) is 17.5 Å². The smallest absolute Gasteiger partial charge is 0.290 e. The van der Waals surface area contributed by atoms with Crippen LogP contribution in [0.25, 0.3) is 10.3 Å². The van der Waals surface area contributed by atoms with Crippen LogP contribution in [0.4, 0.5) is 22.3 Å². The number of fused-ring (bicyclic) bond motifs is 1. The summed E-state index contributed by atoms with van der Waals surface area (Å²) >= 11 is 1.48. The third-order valence-electron chi connectivity index (χ3n) is 4.72. The largest absolute Gasteiger partial charge is 0.355 e. The van der Waals surface area contributed by atoms with Crippen LogP contribution >= 0.6 is 11.3 Å². The molecule has 0 saturated heterocycles. The molecule has 0 unspecified atom stereocenters. The zero-order chi connectivity index (χ0) is 20.6. The van der Waals surface area contributed by atoms with Gasteiger partial charge in [-0.05, 0) is 49.8 Å². The molecule has 0 spiro atoms. The van der Waals surface area contributed by atoms with Crippen LogP contribution in [0.2, 0.25) is 0 Å². The van der Waals surface area contributed by atoms with E-state index in [9.17, 15) is 5.26 Å². The number of nitrogens with zero attached hydrogens (tertiary/aromatic N) is 5. The Balaban J connectivity index is 1.62. The van der Waals surface area contributed by atoms with Gasteiger partial charge in [0.15, 0.2) is 16.4 Å². The summed E-state index contributed by atoms with van der Waals surface area (Å²) < 4.78 is 5.22. The Hall–Kier alpha value is -3.35. The van der Waals surface area contributed by atoms with Gasteiger partial charge in [0.2, 0.25) is 5.69 Å². The second-order valence-corrected chi connectivity index (χ2v) is 8.26. The Morgan fingerprint density at radius 2 is 1.93 bits per heavy atom. The lowest BCUT2D eigenvalue weighted by molar-refractivity contribution is -0.479. The molecule has 4 rings (SSSR count). The highest BCUT2D eigenvalue weighted by Crippen LogP contribution is 2.29. The Bertz CT molecular complexity index is 1200. The van der Waals surface area contributed by atoms with Gasteiger partial charge in [-0.1, -0.05) is 17.3 Å². The van der Waals surface area contributed by atoms with Crippen LogP contribution < -0.4 is 10.6 Å². The van der Waals surface area contributed by atoms with E-state index in [4.69, 9.17) is 9.51 Å². The number of nitriles is 1. The molecule has 3 aromatic heterocycles. The molecule has 9 heteroatoms. The molecule has 0 bridgehead atoms. The van der Waals surface area contributed by atoms with E-state index in [1.165, 1.54) is 17.7 Å². The first-order chi connectivity index (χ1) is 13.9. The predicted molar refractivity (Wildman–Crippen MR) is 111 cm³/mol. The Morgan fingerprint density at radius 1 is 1.17 bits per heavy atom. The van der Waals surface area contributed by atoms with Crippen LogP contribution in [-0.4, -0.2) is 20.1 Å². The van der Waals surface area contributed by atoms with Crippen molar-refractivity contribution in [2.24, 2.45) is 0 Å². The monoisotopic (exact) mass is 406 g/mol. The predicted octanol–water partition coefficient (Wildman–Crippen LogP) is 3.76. The minimum atomic E-state index is -0.529. The topological polar surface area (TPSA) is 117 Å². The molecule has 146 valence electrons. The van der Waals surface area contributed by atoms with Gasteiger partial charge < -0.3 is 9.84 Å². The number of hydrogen-bond donors (Lipinski definition) is 2. The number of quaternary nitrogens is 1. The van der Waals surface area contributed by atoms with Gasteiger partial charge in [0.05, 0.1) is 11.5 Å². The summed E-state index contributed by atoms with van der Waals surface area (Å²) in [6.45, 7) is 7.58. The number of aryl methyl sites for hydroxylation is 2. The summed E-state index contributed by atoms with van der Waals surface area (Å²) in [5.41, 5.74) is 3.76. The maximum atomic E-state index is 9.30. The van der Waals surface area contributed by atoms with Crippen molar-refractivity contribution in [2.45, 2.75) is 33.1 Å². The number of hydrogen-bond acceptors (Lipinski definition) is 8. The number of thiazole rings is 1. The zero-order valence-corrected chi connectivity index (χ0v) is 17.3. The van der Waals surface area contributed by atoms with Crippen LogP contribution in [0.1, 0.15) is 30.9 Å². The SMILES string of the molecule is Cc1noc(C)c1[NH2+]c1nc2c(Nc3ccc(C(C)(C)C#N)cc3)ncnc2s1. The fraction of sp³-hybridized carbons (Fsp3) is 0.250. The van der Waals surface area contributed by atoms with Crippen molar-refractivity contribution in [3.8, 4) is 6.07 Å². The Kier molecular flexibility index (Phi) is 4.74. The Labute approximate surface area is 171 Å². The van der Waals surface area contributed by atoms with E-state index in [1.54, 1.807) is 0 Å². The first-order valence-electron chi connectivity index (χ1n) is 9.05. The Morgan fingerprint density at radius 3 is 2.59 bits per heavy atom. The molecular formula is C20H20N7OS+. The minimum absolute atomic E-state index is 0.529.